The zero-order valence-electron chi connectivity index (χ0n) is 8.51. The number of nitrogen functional groups attached to an aromatic ring is 1. The van der Waals surface area contributed by atoms with E-state index in [0.717, 1.165) is 22.6 Å². The number of pyridine rings is 1. The molecule has 2 heterocycles. The lowest BCUT2D eigenvalue weighted by molar-refractivity contribution is 1.24. The molecule has 0 saturated heterocycles. The number of nitrogens with one attached hydrogen (secondary N) is 1. The fourth-order valence-electron chi connectivity index (χ4n) is 1.65. The van der Waals surface area contributed by atoms with E-state index in [0.29, 0.717) is 5.69 Å². The molecule has 4 heteroatoms. The van der Waals surface area contributed by atoms with Crippen molar-refractivity contribution >= 4 is 16.7 Å². The van der Waals surface area contributed by atoms with Crippen LogP contribution < -0.4 is 5.73 Å². The molecule has 0 radical (unpaired) electrons. The first-order chi connectivity index (χ1) is 7.83. The molecule has 3 aromatic rings. The van der Waals surface area contributed by atoms with Crippen LogP contribution in [0, 0.1) is 0 Å². The predicted octanol–water partition coefficient (Wildman–Crippen LogP) is 2.21. The van der Waals surface area contributed by atoms with Crippen molar-refractivity contribution in [3.05, 3.63) is 42.6 Å². The normalized spacial score (nSPS) is 10.8. The summed E-state index contributed by atoms with van der Waals surface area (Å²) in [6.45, 7) is 0. The van der Waals surface area contributed by atoms with Gasteiger partial charge in [-0.25, -0.2) is 4.98 Å². The summed E-state index contributed by atoms with van der Waals surface area (Å²) >= 11 is 0. The van der Waals surface area contributed by atoms with Gasteiger partial charge in [0.25, 0.3) is 0 Å². The predicted molar refractivity (Wildman–Crippen MR) is 63.7 cm³/mol. The van der Waals surface area contributed by atoms with Crippen molar-refractivity contribution in [2.45, 2.75) is 0 Å². The van der Waals surface area contributed by atoms with Crippen molar-refractivity contribution in [1.82, 2.24) is 15.0 Å². The van der Waals surface area contributed by atoms with Crippen molar-refractivity contribution in [3.8, 4) is 11.5 Å². The van der Waals surface area contributed by atoms with Gasteiger partial charge >= 0.3 is 0 Å². The zero-order chi connectivity index (χ0) is 11.0. The van der Waals surface area contributed by atoms with Gasteiger partial charge in [0.15, 0.2) is 5.82 Å². The van der Waals surface area contributed by atoms with Crippen molar-refractivity contribution in [3.63, 3.8) is 0 Å². The first kappa shape index (κ1) is 8.91. The molecule has 0 aliphatic rings. The summed E-state index contributed by atoms with van der Waals surface area (Å²) in [6.07, 6.45) is 1.68. The third-order valence-corrected chi connectivity index (χ3v) is 2.42. The monoisotopic (exact) mass is 210 g/mol. The van der Waals surface area contributed by atoms with Crippen LogP contribution in [0.2, 0.25) is 0 Å². The van der Waals surface area contributed by atoms with Crippen LogP contribution in [0.4, 0.5) is 5.69 Å². The highest BCUT2D eigenvalue weighted by molar-refractivity contribution is 5.78. The number of imidazole rings is 1. The highest BCUT2D eigenvalue weighted by atomic mass is 14.9. The lowest BCUT2D eigenvalue weighted by Crippen LogP contribution is -1.89. The van der Waals surface area contributed by atoms with Crippen LogP contribution in [0.25, 0.3) is 22.6 Å². The molecule has 0 aliphatic carbocycles. The summed E-state index contributed by atoms with van der Waals surface area (Å²) in [4.78, 5) is 11.9. The third kappa shape index (κ3) is 1.40. The Morgan fingerprint density at radius 1 is 1.12 bits per heavy atom. The maximum Gasteiger partial charge on any atom is 0.157 e. The molecule has 0 fully saturated rings. The van der Waals surface area contributed by atoms with E-state index in [4.69, 9.17) is 5.73 Å². The molecule has 2 aromatic heterocycles. The number of aromatic nitrogens is 3. The van der Waals surface area contributed by atoms with E-state index in [9.17, 15) is 0 Å². The van der Waals surface area contributed by atoms with Gasteiger partial charge in [-0.2, -0.15) is 0 Å². The van der Waals surface area contributed by atoms with Crippen LogP contribution in [0.15, 0.2) is 42.6 Å². The summed E-state index contributed by atoms with van der Waals surface area (Å²) in [5.41, 5.74) is 9.09. The quantitative estimate of drug-likeness (QED) is 0.647. The number of fused-ring (bicyclic) bond motifs is 1. The number of rotatable bonds is 1. The van der Waals surface area contributed by atoms with E-state index >= 15 is 0 Å². The Hall–Kier alpha value is -2.36. The molecular weight excluding hydrogens is 200 g/mol. The van der Waals surface area contributed by atoms with E-state index in [1.165, 1.54) is 0 Å². The molecule has 16 heavy (non-hydrogen) atoms. The van der Waals surface area contributed by atoms with E-state index in [2.05, 4.69) is 15.0 Å². The Labute approximate surface area is 92.2 Å². The van der Waals surface area contributed by atoms with Crippen LogP contribution in [-0.2, 0) is 0 Å². The number of H-pyrrole nitrogens is 1. The summed E-state index contributed by atoms with van der Waals surface area (Å²) in [7, 11) is 0. The summed E-state index contributed by atoms with van der Waals surface area (Å²) < 4.78 is 0. The van der Waals surface area contributed by atoms with Crippen molar-refractivity contribution in [1.29, 1.82) is 0 Å². The standard InChI is InChI=1S/C12H10N4/c13-8-5-6-14-11(7-8)12-15-9-3-1-2-4-10(9)16-12/h1-7H,(H2,13,14)(H,15,16). The maximum absolute atomic E-state index is 5.71. The number of anilines is 1. The smallest absolute Gasteiger partial charge is 0.157 e. The second-order valence-corrected chi connectivity index (χ2v) is 3.58. The van der Waals surface area contributed by atoms with Crippen molar-refractivity contribution in [2.75, 3.05) is 5.73 Å². The van der Waals surface area contributed by atoms with Gasteiger partial charge in [0.2, 0.25) is 0 Å². The molecule has 0 saturated carbocycles. The van der Waals surface area contributed by atoms with E-state index in [1.54, 1.807) is 18.3 Å². The van der Waals surface area contributed by atoms with E-state index < -0.39 is 0 Å². The van der Waals surface area contributed by atoms with Gasteiger partial charge in [-0.05, 0) is 24.3 Å². The molecule has 0 aliphatic heterocycles. The number of nitrogens with zero attached hydrogens (tertiary/aromatic N) is 2. The lowest BCUT2D eigenvalue weighted by Gasteiger charge is -1.96. The number of benzene rings is 1. The average Bonchev–Trinajstić information content (AvgIpc) is 2.72. The highest BCUT2D eigenvalue weighted by Crippen LogP contribution is 2.19. The molecule has 4 nitrogen and oxygen atoms in total. The Bertz CT molecular complexity index is 609. The van der Waals surface area contributed by atoms with Crippen LogP contribution in [0.5, 0.6) is 0 Å². The maximum atomic E-state index is 5.71. The largest absolute Gasteiger partial charge is 0.399 e. The molecule has 3 rings (SSSR count). The Kier molecular flexibility index (Phi) is 1.86. The molecule has 1 aromatic carbocycles. The molecular formula is C12H10N4. The van der Waals surface area contributed by atoms with Crippen molar-refractivity contribution in [2.24, 2.45) is 0 Å². The summed E-state index contributed by atoms with van der Waals surface area (Å²) in [6, 6.07) is 11.4. The van der Waals surface area contributed by atoms with Crippen LogP contribution in [0.1, 0.15) is 0 Å². The molecule has 0 atom stereocenters. The number of hydrogen-bond acceptors (Lipinski definition) is 3. The Balaban J connectivity index is 2.19. The Morgan fingerprint density at radius 2 is 2.00 bits per heavy atom. The Morgan fingerprint density at radius 3 is 2.81 bits per heavy atom. The van der Waals surface area contributed by atoms with Gasteiger partial charge in [0, 0.05) is 11.9 Å². The fourth-order valence-corrected chi connectivity index (χ4v) is 1.65. The van der Waals surface area contributed by atoms with E-state index in [-0.39, 0.29) is 0 Å². The molecule has 78 valence electrons. The number of nitrogens with two attached hydrogens (primary N) is 1. The van der Waals surface area contributed by atoms with E-state index in [1.807, 2.05) is 24.3 Å². The van der Waals surface area contributed by atoms with Crippen molar-refractivity contribution < 1.29 is 0 Å². The number of para-hydroxylation sites is 2. The molecule has 3 N–H and O–H groups in total. The first-order valence-electron chi connectivity index (χ1n) is 4.99. The topological polar surface area (TPSA) is 67.6 Å². The zero-order valence-corrected chi connectivity index (χ0v) is 8.51. The molecule has 0 amide bonds. The van der Waals surface area contributed by atoms with Crippen LogP contribution in [-0.4, -0.2) is 15.0 Å². The minimum atomic E-state index is 0.686. The van der Waals surface area contributed by atoms with Crippen LogP contribution >= 0.6 is 0 Å². The third-order valence-electron chi connectivity index (χ3n) is 2.42. The van der Waals surface area contributed by atoms with Gasteiger partial charge < -0.3 is 10.7 Å². The molecule has 0 spiro atoms. The van der Waals surface area contributed by atoms with Gasteiger partial charge in [-0.3, -0.25) is 4.98 Å². The SMILES string of the molecule is Nc1ccnc(-c2nc3ccccc3[nH]2)c1. The average molecular weight is 210 g/mol. The fraction of sp³-hybridized carbons (Fsp3) is 0. The highest BCUT2D eigenvalue weighted by Gasteiger charge is 2.05. The summed E-state index contributed by atoms with van der Waals surface area (Å²) in [5.74, 6) is 0.744. The van der Waals surface area contributed by atoms with Gasteiger partial charge in [-0.15, -0.1) is 0 Å². The van der Waals surface area contributed by atoms with Crippen LogP contribution in [0.3, 0.4) is 0 Å². The minimum absolute atomic E-state index is 0.686. The minimum Gasteiger partial charge on any atom is -0.399 e. The number of hydrogen-bond donors (Lipinski definition) is 2. The molecule has 0 unspecified atom stereocenters. The van der Waals surface area contributed by atoms with Gasteiger partial charge in [0.1, 0.15) is 5.69 Å². The van der Waals surface area contributed by atoms with Gasteiger partial charge in [-0.1, -0.05) is 12.1 Å². The second-order valence-electron chi connectivity index (χ2n) is 3.58. The second kappa shape index (κ2) is 3.34. The van der Waals surface area contributed by atoms with Gasteiger partial charge in [0.05, 0.1) is 11.0 Å². The molecule has 0 bridgehead atoms. The number of aromatic amines is 1. The first-order valence-corrected chi connectivity index (χ1v) is 4.99. The summed E-state index contributed by atoms with van der Waals surface area (Å²) in [5, 5.41) is 0. The lowest BCUT2D eigenvalue weighted by atomic mass is 10.3.